The van der Waals surface area contributed by atoms with E-state index in [0.29, 0.717) is 0 Å². The number of aliphatic hydroxyl groups is 1. The number of likely N-dealkylation sites (N-methyl/N-ethyl adjacent to an activating group) is 1. The van der Waals surface area contributed by atoms with Crippen molar-refractivity contribution < 1.29 is 14.7 Å². The highest BCUT2D eigenvalue weighted by molar-refractivity contribution is 5.83. The number of rotatable bonds is 4. The summed E-state index contributed by atoms with van der Waals surface area (Å²) in [5.74, 6) is -0.425. The molecule has 0 saturated carbocycles. The molecule has 0 aromatic heterocycles. The zero-order chi connectivity index (χ0) is 10.4. The van der Waals surface area contributed by atoms with Crippen LogP contribution in [0.2, 0.25) is 0 Å². The Labute approximate surface area is 77.7 Å². The molecular formula is C8H16N2O3. The van der Waals surface area contributed by atoms with Crippen molar-refractivity contribution in [1.82, 2.24) is 10.2 Å². The molecule has 0 fully saturated rings. The number of nitrogens with one attached hydrogen (secondary N) is 1. The number of carbonyl (C=O) groups is 2. The Bertz CT molecular complexity index is 192. The third-order valence-electron chi connectivity index (χ3n) is 1.51. The van der Waals surface area contributed by atoms with Gasteiger partial charge in [-0.1, -0.05) is 0 Å². The van der Waals surface area contributed by atoms with Crippen LogP contribution in [-0.4, -0.2) is 48.1 Å². The van der Waals surface area contributed by atoms with Crippen molar-refractivity contribution in [2.75, 3.05) is 20.1 Å². The van der Waals surface area contributed by atoms with Gasteiger partial charge in [-0.05, 0) is 6.92 Å². The van der Waals surface area contributed by atoms with E-state index in [4.69, 9.17) is 5.11 Å². The lowest BCUT2D eigenvalue weighted by atomic mass is 10.4. The number of amides is 2. The van der Waals surface area contributed by atoms with Gasteiger partial charge < -0.3 is 15.3 Å². The second kappa shape index (κ2) is 5.53. The number of aliphatic hydroxyl groups excluding tert-OH is 1. The van der Waals surface area contributed by atoms with E-state index >= 15 is 0 Å². The summed E-state index contributed by atoms with van der Waals surface area (Å²) in [5.41, 5.74) is 0. The second-order valence-corrected chi connectivity index (χ2v) is 3.03. The van der Waals surface area contributed by atoms with Crippen LogP contribution in [0.25, 0.3) is 0 Å². The van der Waals surface area contributed by atoms with Gasteiger partial charge in [-0.15, -0.1) is 0 Å². The van der Waals surface area contributed by atoms with E-state index in [9.17, 15) is 9.59 Å². The molecule has 5 nitrogen and oxygen atoms in total. The SMILES string of the molecule is CC(=O)N(C)CC(=O)NCC(C)O. The van der Waals surface area contributed by atoms with E-state index in [1.165, 1.54) is 11.8 Å². The summed E-state index contributed by atoms with van der Waals surface area (Å²) in [6.45, 7) is 3.21. The van der Waals surface area contributed by atoms with E-state index in [1.54, 1.807) is 14.0 Å². The first-order chi connectivity index (χ1) is 5.93. The van der Waals surface area contributed by atoms with Crippen molar-refractivity contribution in [3.05, 3.63) is 0 Å². The second-order valence-electron chi connectivity index (χ2n) is 3.03. The molecular weight excluding hydrogens is 172 g/mol. The molecule has 0 aromatic rings. The maximum atomic E-state index is 11.0. The van der Waals surface area contributed by atoms with Crippen LogP contribution in [0.4, 0.5) is 0 Å². The van der Waals surface area contributed by atoms with E-state index in [-0.39, 0.29) is 24.9 Å². The molecule has 0 aromatic carbocycles. The summed E-state index contributed by atoms with van der Waals surface area (Å²) in [6.07, 6.45) is -0.563. The maximum Gasteiger partial charge on any atom is 0.239 e. The lowest BCUT2D eigenvalue weighted by Gasteiger charge is -2.14. The summed E-state index contributed by atoms with van der Waals surface area (Å²) < 4.78 is 0. The van der Waals surface area contributed by atoms with E-state index in [0.717, 1.165) is 0 Å². The fourth-order valence-corrected chi connectivity index (χ4v) is 0.644. The van der Waals surface area contributed by atoms with Crippen LogP contribution in [0, 0.1) is 0 Å². The third kappa shape index (κ3) is 6.10. The molecule has 0 saturated heterocycles. The third-order valence-corrected chi connectivity index (χ3v) is 1.51. The topological polar surface area (TPSA) is 69.6 Å². The van der Waals surface area contributed by atoms with Gasteiger partial charge in [0.25, 0.3) is 0 Å². The molecule has 0 radical (unpaired) electrons. The average molecular weight is 188 g/mol. The quantitative estimate of drug-likeness (QED) is 0.592. The molecule has 0 aliphatic rings. The minimum absolute atomic E-state index is 0.0298. The minimum atomic E-state index is -0.563. The van der Waals surface area contributed by atoms with Crippen molar-refractivity contribution >= 4 is 11.8 Å². The summed E-state index contributed by atoms with van der Waals surface area (Å²) in [4.78, 5) is 23.1. The van der Waals surface area contributed by atoms with Gasteiger partial charge in [-0.25, -0.2) is 0 Å². The van der Waals surface area contributed by atoms with Crippen molar-refractivity contribution in [2.24, 2.45) is 0 Å². The standard InChI is InChI=1S/C8H16N2O3/c1-6(11)4-9-8(13)5-10(3)7(2)12/h6,11H,4-5H2,1-3H3,(H,9,13). The summed E-state index contributed by atoms with van der Waals surface area (Å²) in [7, 11) is 1.55. The van der Waals surface area contributed by atoms with Crippen LogP contribution in [-0.2, 0) is 9.59 Å². The molecule has 76 valence electrons. The van der Waals surface area contributed by atoms with Gasteiger partial charge in [0, 0.05) is 20.5 Å². The Morgan fingerprint density at radius 3 is 2.46 bits per heavy atom. The monoisotopic (exact) mass is 188 g/mol. The Morgan fingerprint density at radius 2 is 2.08 bits per heavy atom. The fourth-order valence-electron chi connectivity index (χ4n) is 0.644. The predicted octanol–water partition coefficient (Wildman–Crippen LogP) is -1.04. The predicted molar refractivity (Wildman–Crippen MR) is 48.0 cm³/mol. The van der Waals surface area contributed by atoms with Gasteiger partial charge in [0.05, 0.1) is 12.6 Å². The molecule has 1 atom stereocenters. The molecule has 0 aliphatic carbocycles. The molecule has 0 rings (SSSR count). The minimum Gasteiger partial charge on any atom is -0.392 e. The van der Waals surface area contributed by atoms with Crippen LogP contribution in [0.1, 0.15) is 13.8 Å². The lowest BCUT2D eigenvalue weighted by molar-refractivity contribution is -0.133. The molecule has 0 aliphatic heterocycles. The maximum absolute atomic E-state index is 11.0. The first kappa shape index (κ1) is 11.9. The van der Waals surface area contributed by atoms with Gasteiger partial charge >= 0.3 is 0 Å². The van der Waals surface area contributed by atoms with Gasteiger partial charge in [0.2, 0.25) is 11.8 Å². The highest BCUT2D eigenvalue weighted by atomic mass is 16.3. The van der Waals surface area contributed by atoms with Crippen molar-refractivity contribution in [2.45, 2.75) is 20.0 Å². The lowest BCUT2D eigenvalue weighted by Crippen LogP contribution is -2.39. The Balaban J connectivity index is 3.68. The summed E-state index contributed by atoms with van der Waals surface area (Å²) in [6, 6.07) is 0. The number of nitrogens with zero attached hydrogens (tertiary/aromatic N) is 1. The number of hydrogen-bond acceptors (Lipinski definition) is 3. The highest BCUT2D eigenvalue weighted by Gasteiger charge is 2.08. The highest BCUT2D eigenvalue weighted by Crippen LogP contribution is 1.83. The van der Waals surface area contributed by atoms with Gasteiger partial charge in [-0.2, -0.15) is 0 Å². The molecule has 0 bridgehead atoms. The molecule has 2 amide bonds. The molecule has 1 unspecified atom stereocenters. The van der Waals surface area contributed by atoms with Crippen molar-refractivity contribution in [3.63, 3.8) is 0 Å². The smallest absolute Gasteiger partial charge is 0.239 e. The van der Waals surface area contributed by atoms with Gasteiger partial charge in [0.15, 0.2) is 0 Å². The molecule has 2 N–H and O–H groups in total. The Kier molecular flexibility index (Phi) is 5.06. The molecule has 0 heterocycles. The van der Waals surface area contributed by atoms with Gasteiger partial charge in [-0.3, -0.25) is 9.59 Å². The molecule has 0 spiro atoms. The fraction of sp³-hybridized carbons (Fsp3) is 0.750. The number of carbonyl (C=O) groups excluding carboxylic acids is 2. The largest absolute Gasteiger partial charge is 0.392 e. The Hall–Kier alpha value is -1.10. The first-order valence-corrected chi connectivity index (χ1v) is 4.10. The zero-order valence-corrected chi connectivity index (χ0v) is 8.20. The van der Waals surface area contributed by atoms with Crippen molar-refractivity contribution in [3.8, 4) is 0 Å². The van der Waals surface area contributed by atoms with Crippen LogP contribution >= 0.6 is 0 Å². The molecule has 13 heavy (non-hydrogen) atoms. The van der Waals surface area contributed by atoms with E-state index in [1.807, 2.05) is 0 Å². The van der Waals surface area contributed by atoms with Crippen LogP contribution in [0.15, 0.2) is 0 Å². The van der Waals surface area contributed by atoms with Gasteiger partial charge in [0.1, 0.15) is 0 Å². The summed E-state index contributed by atoms with van der Waals surface area (Å²) in [5, 5.41) is 11.3. The zero-order valence-electron chi connectivity index (χ0n) is 8.20. The molecule has 5 heteroatoms. The van der Waals surface area contributed by atoms with Crippen LogP contribution in [0.3, 0.4) is 0 Å². The van der Waals surface area contributed by atoms with Crippen LogP contribution < -0.4 is 5.32 Å². The Morgan fingerprint density at radius 1 is 1.54 bits per heavy atom. The van der Waals surface area contributed by atoms with E-state index < -0.39 is 6.10 Å². The summed E-state index contributed by atoms with van der Waals surface area (Å²) >= 11 is 0. The first-order valence-electron chi connectivity index (χ1n) is 4.10. The van der Waals surface area contributed by atoms with E-state index in [2.05, 4.69) is 5.32 Å². The van der Waals surface area contributed by atoms with Crippen LogP contribution in [0.5, 0.6) is 0 Å². The number of hydrogen-bond donors (Lipinski definition) is 2. The normalized spacial score (nSPS) is 12.0. The van der Waals surface area contributed by atoms with Crippen molar-refractivity contribution in [1.29, 1.82) is 0 Å². The average Bonchev–Trinajstić information content (AvgIpc) is 2.00.